The predicted octanol–water partition coefficient (Wildman–Crippen LogP) is 1.00. The van der Waals surface area contributed by atoms with E-state index in [2.05, 4.69) is 0 Å². The average Bonchev–Trinajstić information content (AvgIpc) is 2.54. The molecule has 1 aliphatic rings. The van der Waals surface area contributed by atoms with E-state index < -0.39 is 0 Å². The van der Waals surface area contributed by atoms with Crippen LogP contribution in [0.2, 0.25) is 0 Å². The number of hydrogen-bond donors (Lipinski definition) is 0. The molecule has 0 bridgehead atoms. The van der Waals surface area contributed by atoms with Crippen molar-refractivity contribution < 1.29 is 9.53 Å². The summed E-state index contributed by atoms with van der Waals surface area (Å²) in [5.74, 6) is -0.130. The van der Waals surface area contributed by atoms with Crippen molar-refractivity contribution in [2.24, 2.45) is 0 Å². The molecule has 0 amide bonds. The van der Waals surface area contributed by atoms with Gasteiger partial charge in [0.15, 0.2) is 0 Å². The van der Waals surface area contributed by atoms with Crippen molar-refractivity contribution in [1.82, 2.24) is 9.80 Å². The van der Waals surface area contributed by atoms with E-state index >= 15 is 0 Å². The van der Waals surface area contributed by atoms with Crippen LogP contribution in [0.1, 0.15) is 20.3 Å². The van der Waals surface area contributed by atoms with Gasteiger partial charge in [-0.25, -0.2) is 4.79 Å². The van der Waals surface area contributed by atoms with E-state index in [1.165, 1.54) is 0 Å². The second kappa shape index (κ2) is 4.88. The monoisotopic (exact) mass is 198 g/mol. The molecule has 1 aliphatic heterocycles. The molecule has 1 rings (SSSR count). The Balaban J connectivity index is 2.54. The lowest BCUT2D eigenvalue weighted by molar-refractivity contribution is -0.148. The maximum absolute atomic E-state index is 11.6. The Hall–Kier alpha value is -1.19. The van der Waals surface area contributed by atoms with Gasteiger partial charge in [0.1, 0.15) is 6.04 Å². The number of esters is 1. The average molecular weight is 198 g/mol. The van der Waals surface area contributed by atoms with Crippen LogP contribution in [-0.4, -0.2) is 42.1 Å². The highest BCUT2D eigenvalue weighted by Crippen LogP contribution is 2.12. The zero-order chi connectivity index (χ0) is 10.6. The first-order valence-electron chi connectivity index (χ1n) is 5.00. The Morgan fingerprint density at radius 3 is 2.64 bits per heavy atom. The molecule has 0 radical (unpaired) electrons. The van der Waals surface area contributed by atoms with Gasteiger partial charge < -0.3 is 14.5 Å². The smallest absolute Gasteiger partial charge is 0.328 e. The summed E-state index contributed by atoms with van der Waals surface area (Å²) in [7, 11) is 1.98. The van der Waals surface area contributed by atoms with Crippen LogP contribution >= 0.6 is 0 Å². The number of hydrogen-bond acceptors (Lipinski definition) is 4. The molecule has 0 fully saturated rings. The molecule has 0 saturated carbocycles. The van der Waals surface area contributed by atoms with Crippen molar-refractivity contribution >= 4 is 5.97 Å². The van der Waals surface area contributed by atoms with E-state index in [1.807, 2.05) is 43.1 Å². The number of ether oxygens (including phenoxy) is 1. The van der Waals surface area contributed by atoms with Crippen LogP contribution in [0.25, 0.3) is 0 Å². The SMILES string of the molecule is CCOC(=O)C(CC)N1C=CN(C)C1. The molecular weight excluding hydrogens is 180 g/mol. The lowest BCUT2D eigenvalue weighted by atomic mass is 10.2. The molecule has 1 heterocycles. The molecule has 0 saturated heterocycles. The molecule has 0 aromatic carbocycles. The van der Waals surface area contributed by atoms with Crippen molar-refractivity contribution in [2.75, 3.05) is 20.3 Å². The molecule has 0 spiro atoms. The van der Waals surface area contributed by atoms with E-state index in [9.17, 15) is 4.79 Å². The molecule has 0 aromatic rings. The molecule has 0 aromatic heterocycles. The van der Waals surface area contributed by atoms with Gasteiger partial charge in [-0.15, -0.1) is 0 Å². The van der Waals surface area contributed by atoms with Gasteiger partial charge in [0.05, 0.1) is 13.3 Å². The Kier molecular flexibility index (Phi) is 3.80. The molecule has 1 unspecified atom stereocenters. The highest BCUT2D eigenvalue weighted by molar-refractivity contribution is 5.75. The van der Waals surface area contributed by atoms with Crippen LogP contribution in [0.15, 0.2) is 12.4 Å². The normalized spacial score (nSPS) is 17.4. The van der Waals surface area contributed by atoms with Crippen LogP contribution in [0.3, 0.4) is 0 Å². The lowest BCUT2D eigenvalue weighted by Crippen LogP contribution is -2.39. The number of nitrogens with zero attached hydrogens (tertiary/aromatic N) is 2. The van der Waals surface area contributed by atoms with Gasteiger partial charge in [-0.1, -0.05) is 6.92 Å². The molecular formula is C10H18N2O2. The van der Waals surface area contributed by atoms with Gasteiger partial charge >= 0.3 is 5.97 Å². The number of rotatable bonds is 4. The summed E-state index contributed by atoms with van der Waals surface area (Å²) < 4.78 is 5.01. The van der Waals surface area contributed by atoms with Gasteiger partial charge in [-0.05, 0) is 13.3 Å². The fourth-order valence-corrected chi connectivity index (χ4v) is 1.53. The molecule has 80 valence electrons. The summed E-state index contributed by atoms with van der Waals surface area (Å²) >= 11 is 0. The summed E-state index contributed by atoms with van der Waals surface area (Å²) in [5, 5.41) is 0. The zero-order valence-electron chi connectivity index (χ0n) is 9.06. The minimum Gasteiger partial charge on any atom is -0.464 e. The second-order valence-electron chi connectivity index (χ2n) is 3.39. The van der Waals surface area contributed by atoms with Crippen LogP contribution in [0.5, 0.6) is 0 Å². The summed E-state index contributed by atoms with van der Waals surface area (Å²) in [5.41, 5.74) is 0. The maximum Gasteiger partial charge on any atom is 0.328 e. The van der Waals surface area contributed by atoms with Crippen LogP contribution in [0.4, 0.5) is 0 Å². The highest BCUT2D eigenvalue weighted by atomic mass is 16.5. The number of carbonyl (C=O) groups excluding carboxylic acids is 1. The quantitative estimate of drug-likeness (QED) is 0.631. The third-order valence-corrected chi connectivity index (χ3v) is 2.24. The minimum atomic E-state index is -0.142. The predicted molar refractivity (Wildman–Crippen MR) is 54.3 cm³/mol. The van der Waals surface area contributed by atoms with Crippen molar-refractivity contribution in [3.05, 3.63) is 12.4 Å². The third-order valence-electron chi connectivity index (χ3n) is 2.24. The first-order chi connectivity index (χ1) is 6.69. The van der Waals surface area contributed by atoms with Gasteiger partial charge in [0.2, 0.25) is 0 Å². The summed E-state index contributed by atoms with van der Waals surface area (Å²) in [4.78, 5) is 15.6. The van der Waals surface area contributed by atoms with Crippen molar-refractivity contribution in [3.8, 4) is 0 Å². The largest absolute Gasteiger partial charge is 0.464 e. The zero-order valence-corrected chi connectivity index (χ0v) is 9.06. The topological polar surface area (TPSA) is 32.8 Å². The molecule has 0 N–H and O–H groups in total. The van der Waals surface area contributed by atoms with Crippen LogP contribution < -0.4 is 0 Å². The van der Waals surface area contributed by atoms with E-state index in [-0.39, 0.29) is 12.0 Å². The van der Waals surface area contributed by atoms with Crippen molar-refractivity contribution in [3.63, 3.8) is 0 Å². The van der Waals surface area contributed by atoms with Crippen molar-refractivity contribution in [1.29, 1.82) is 0 Å². The number of carbonyl (C=O) groups is 1. The van der Waals surface area contributed by atoms with Gasteiger partial charge in [-0.2, -0.15) is 0 Å². The minimum absolute atomic E-state index is 0.130. The lowest BCUT2D eigenvalue weighted by Gasteiger charge is -2.25. The molecule has 4 nitrogen and oxygen atoms in total. The van der Waals surface area contributed by atoms with E-state index in [4.69, 9.17) is 4.74 Å². The van der Waals surface area contributed by atoms with E-state index in [1.54, 1.807) is 0 Å². The Labute approximate surface area is 85.1 Å². The van der Waals surface area contributed by atoms with Crippen LogP contribution in [-0.2, 0) is 9.53 Å². The summed E-state index contributed by atoms with van der Waals surface area (Å²) in [6, 6.07) is -0.142. The Morgan fingerprint density at radius 1 is 1.50 bits per heavy atom. The van der Waals surface area contributed by atoms with Gasteiger partial charge in [-0.3, -0.25) is 0 Å². The molecule has 4 heteroatoms. The van der Waals surface area contributed by atoms with Crippen LogP contribution in [0, 0.1) is 0 Å². The molecule has 0 aliphatic carbocycles. The van der Waals surface area contributed by atoms with E-state index in [0.29, 0.717) is 6.61 Å². The molecule has 14 heavy (non-hydrogen) atoms. The summed E-state index contributed by atoms with van der Waals surface area (Å²) in [6.45, 7) is 5.03. The fourth-order valence-electron chi connectivity index (χ4n) is 1.53. The third kappa shape index (κ3) is 2.40. The summed E-state index contributed by atoms with van der Waals surface area (Å²) in [6.07, 6.45) is 4.67. The Bertz CT molecular complexity index is 228. The first-order valence-corrected chi connectivity index (χ1v) is 5.00. The highest BCUT2D eigenvalue weighted by Gasteiger charge is 2.25. The second-order valence-corrected chi connectivity index (χ2v) is 3.39. The van der Waals surface area contributed by atoms with Gasteiger partial charge in [0.25, 0.3) is 0 Å². The first kappa shape index (κ1) is 10.9. The van der Waals surface area contributed by atoms with E-state index in [0.717, 1.165) is 13.1 Å². The Morgan fingerprint density at radius 2 is 2.21 bits per heavy atom. The fraction of sp³-hybridized carbons (Fsp3) is 0.700. The maximum atomic E-state index is 11.6. The van der Waals surface area contributed by atoms with Gasteiger partial charge in [0, 0.05) is 19.4 Å². The molecule has 1 atom stereocenters. The van der Waals surface area contributed by atoms with Crippen molar-refractivity contribution in [2.45, 2.75) is 26.3 Å². The standard InChI is InChI=1S/C10H18N2O2/c1-4-9(10(13)14-5-2)12-7-6-11(3)8-12/h6-7,9H,4-5,8H2,1-3H3.